The molecule has 3 heteroatoms. The second-order valence-electron chi connectivity index (χ2n) is 13.4. The Morgan fingerprint density at radius 3 is 1.71 bits per heavy atom. The first kappa shape index (κ1) is 28.0. The predicted octanol–water partition coefficient (Wildman–Crippen LogP) is 13.1. The minimum absolute atomic E-state index is 1.11. The van der Waals surface area contributed by atoms with Crippen LogP contribution in [0.15, 0.2) is 188 Å². The van der Waals surface area contributed by atoms with Gasteiger partial charge in [-0.1, -0.05) is 115 Å². The summed E-state index contributed by atoms with van der Waals surface area (Å²) in [6.07, 6.45) is 0. The Morgan fingerprint density at radius 1 is 0.333 bits per heavy atom. The summed E-state index contributed by atoms with van der Waals surface area (Å²) in [4.78, 5) is 2.38. The topological polar surface area (TPSA) is 12.6 Å². The standard InChI is InChI=1S/C48H31N3/c1-4-13-32(14-5-1)33-23-25-36(26-24-33)49(34-15-6-2-7-16-34)37-27-29-43-41(31-37)39-20-12-22-44-46(39)47-45(50(44)35-17-8-3-9-18-35)30-28-40-38-19-10-11-21-42(38)51(43)48(40)47/h1-31H. The van der Waals surface area contributed by atoms with Crippen molar-refractivity contribution in [2.75, 3.05) is 4.90 Å². The van der Waals surface area contributed by atoms with Crippen molar-refractivity contribution in [3.8, 4) is 16.8 Å². The number of hydrogen-bond donors (Lipinski definition) is 0. The number of rotatable bonds is 5. The van der Waals surface area contributed by atoms with Gasteiger partial charge in [-0.3, -0.25) is 0 Å². The van der Waals surface area contributed by atoms with Crippen molar-refractivity contribution >= 4 is 77.0 Å². The molecule has 0 bridgehead atoms. The maximum absolute atomic E-state index is 2.52. The fourth-order valence-corrected chi connectivity index (χ4v) is 8.46. The van der Waals surface area contributed by atoms with Crippen molar-refractivity contribution in [3.63, 3.8) is 0 Å². The second kappa shape index (κ2) is 10.8. The highest BCUT2D eigenvalue weighted by Gasteiger charge is 2.23. The highest BCUT2D eigenvalue weighted by Crippen LogP contribution is 2.46. The first-order chi connectivity index (χ1) is 25.3. The Morgan fingerprint density at radius 2 is 0.902 bits per heavy atom. The smallest absolute Gasteiger partial charge is 0.0641 e. The Labute approximate surface area is 294 Å². The van der Waals surface area contributed by atoms with Gasteiger partial charge in [0.2, 0.25) is 0 Å². The number of hydrogen-bond acceptors (Lipinski definition) is 1. The monoisotopic (exact) mass is 649 g/mol. The minimum atomic E-state index is 1.11. The molecule has 0 aliphatic carbocycles. The van der Waals surface area contributed by atoms with E-state index in [9.17, 15) is 0 Å². The van der Waals surface area contributed by atoms with Crippen molar-refractivity contribution in [1.29, 1.82) is 0 Å². The molecule has 0 atom stereocenters. The molecule has 3 aromatic heterocycles. The molecule has 3 heterocycles. The summed E-state index contributed by atoms with van der Waals surface area (Å²) < 4.78 is 4.96. The highest BCUT2D eigenvalue weighted by atomic mass is 15.1. The lowest BCUT2D eigenvalue weighted by atomic mass is 10.0. The predicted molar refractivity (Wildman–Crippen MR) is 216 cm³/mol. The highest BCUT2D eigenvalue weighted by molar-refractivity contribution is 6.33. The summed E-state index contributed by atoms with van der Waals surface area (Å²) in [6, 6.07) is 68.4. The Bertz CT molecular complexity index is 3050. The van der Waals surface area contributed by atoms with Crippen LogP contribution in [0.5, 0.6) is 0 Å². The molecule has 0 aliphatic heterocycles. The normalized spacial score (nSPS) is 11.9. The van der Waals surface area contributed by atoms with E-state index < -0.39 is 0 Å². The molecule has 0 spiro atoms. The van der Waals surface area contributed by atoms with Crippen molar-refractivity contribution in [3.05, 3.63) is 188 Å². The van der Waals surface area contributed by atoms with Crippen LogP contribution in [0.3, 0.4) is 0 Å². The van der Waals surface area contributed by atoms with Crippen LogP contribution >= 0.6 is 0 Å². The lowest BCUT2D eigenvalue weighted by molar-refractivity contribution is 1.18. The molecule has 0 aliphatic rings. The van der Waals surface area contributed by atoms with Crippen LogP contribution in [0.25, 0.3) is 76.7 Å². The van der Waals surface area contributed by atoms with Crippen molar-refractivity contribution in [2.24, 2.45) is 0 Å². The number of para-hydroxylation sites is 3. The van der Waals surface area contributed by atoms with E-state index in [0.717, 1.165) is 17.1 Å². The maximum Gasteiger partial charge on any atom is 0.0641 e. The number of anilines is 3. The van der Waals surface area contributed by atoms with E-state index in [1.807, 2.05) is 0 Å². The Hall–Kier alpha value is -6.84. The molecule has 11 aromatic rings. The van der Waals surface area contributed by atoms with E-state index in [1.54, 1.807) is 0 Å². The quantitative estimate of drug-likeness (QED) is 0.181. The molecule has 238 valence electrons. The molecule has 8 aromatic carbocycles. The van der Waals surface area contributed by atoms with Gasteiger partial charge in [0.1, 0.15) is 0 Å². The van der Waals surface area contributed by atoms with Crippen LogP contribution in [0.2, 0.25) is 0 Å². The van der Waals surface area contributed by atoms with Crippen LogP contribution in [-0.2, 0) is 0 Å². The zero-order chi connectivity index (χ0) is 33.5. The zero-order valence-electron chi connectivity index (χ0n) is 27.7. The van der Waals surface area contributed by atoms with Gasteiger partial charge in [-0.25, -0.2) is 0 Å². The number of aromatic nitrogens is 2. The van der Waals surface area contributed by atoms with Crippen molar-refractivity contribution in [1.82, 2.24) is 8.97 Å². The van der Waals surface area contributed by atoms with Crippen LogP contribution in [0, 0.1) is 0 Å². The molecule has 0 radical (unpaired) electrons. The van der Waals surface area contributed by atoms with Crippen molar-refractivity contribution < 1.29 is 0 Å². The van der Waals surface area contributed by atoms with E-state index in [2.05, 4.69) is 202 Å². The third-order valence-corrected chi connectivity index (χ3v) is 10.6. The Balaban J connectivity index is 1.26. The molecule has 0 saturated heterocycles. The van der Waals surface area contributed by atoms with Crippen LogP contribution in [0.1, 0.15) is 0 Å². The van der Waals surface area contributed by atoms with Gasteiger partial charge in [-0.05, 0) is 89.3 Å². The van der Waals surface area contributed by atoms with Gasteiger partial charge in [0.05, 0.1) is 27.6 Å². The third kappa shape index (κ3) is 4.06. The van der Waals surface area contributed by atoms with Gasteiger partial charge in [-0.2, -0.15) is 0 Å². The molecule has 11 rings (SSSR count). The molecular formula is C48H31N3. The fraction of sp³-hybridized carbons (Fsp3) is 0. The molecule has 0 N–H and O–H groups in total. The van der Waals surface area contributed by atoms with Crippen LogP contribution < -0.4 is 4.90 Å². The SMILES string of the molecule is c1ccc(-c2ccc(N(c3ccccc3)c3ccc4c(c3)c3cccc5c3c3c(ccc6c7ccccc7n4c63)n5-c3ccccc3)cc2)cc1. The lowest BCUT2D eigenvalue weighted by Crippen LogP contribution is -2.09. The number of nitrogens with zero attached hydrogens (tertiary/aromatic N) is 3. The molecule has 0 amide bonds. The van der Waals surface area contributed by atoms with E-state index in [4.69, 9.17) is 0 Å². The van der Waals surface area contributed by atoms with Crippen LogP contribution in [-0.4, -0.2) is 8.97 Å². The zero-order valence-corrected chi connectivity index (χ0v) is 27.7. The number of benzene rings is 8. The summed E-state index contributed by atoms with van der Waals surface area (Å²) in [5.74, 6) is 0. The second-order valence-corrected chi connectivity index (χ2v) is 13.4. The van der Waals surface area contributed by atoms with Gasteiger partial charge in [0.25, 0.3) is 0 Å². The number of fused-ring (bicyclic) bond motifs is 6. The largest absolute Gasteiger partial charge is 0.310 e. The summed E-state index contributed by atoms with van der Waals surface area (Å²) in [5, 5.41) is 7.60. The molecule has 3 nitrogen and oxygen atoms in total. The van der Waals surface area contributed by atoms with E-state index >= 15 is 0 Å². The lowest BCUT2D eigenvalue weighted by Gasteiger charge is -2.26. The molecule has 0 unspecified atom stereocenters. The van der Waals surface area contributed by atoms with E-state index in [1.165, 1.54) is 76.7 Å². The Kier molecular flexibility index (Phi) is 5.96. The fourth-order valence-electron chi connectivity index (χ4n) is 8.46. The van der Waals surface area contributed by atoms with Gasteiger partial charge >= 0.3 is 0 Å². The molecule has 51 heavy (non-hydrogen) atoms. The first-order valence-corrected chi connectivity index (χ1v) is 17.5. The summed E-state index contributed by atoms with van der Waals surface area (Å²) in [6.45, 7) is 0. The average molecular weight is 650 g/mol. The van der Waals surface area contributed by atoms with Gasteiger partial charge in [0, 0.05) is 49.7 Å². The molecular weight excluding hydrogens is 619 g/mol. The first-order valence-electron chi connectivity index (χ1n) is 17.5. The van der Waals surface area contributed by atoms with Gasteiger partial charge in [0.15, 0.2) is 0 Å². The van der Waals surface area contributed by atoms with Gasteiger partial charge in [-0.15, -0.1) is 0 Å². The summed E-state index contributed by atoms with van der Waals surface area (Å²) in [5.41, 5.74) is 13.0. The maximum atomic E-state index is 2.52. The average Bonchev–Trinajstić information content (AvgIpc) is 3.68. The summed E-state index contributed by atoms with van der Waals surface area (Å²) in [7, 11) is 0. The summed E-state index contributed by atoms with van der Waals surface area (Å²) >= 11 is 0. The van der Waals surface area contributed by atoms with Crippen LogP contribution in [0.4, 0.5) is 17.1 Å². The third-order valence-electron chi connectivity index (χ3n) is 10.6. The van der Waals surface area contributed by atoms with E-state index in [-0.39, 0.29) is 0 Å². The van der Waals surface area contributed by atoms with E-state index in [0.29, 0.717) is 0 Å². The van der Waals surface area contributed by atoms with Gasteiger partial charge < -0.3 is 13.9 Å². The molecule has 0 saturated carbocycles. The molecule has 0 fully saturated rings. The minimum Gasteiger partial charge on any atom is -0.310 e. The van der Waals surface area contributed by atoms with Crippen molar-refractivity contribution in [2.45, 2.75) is 0 Å².